The summed E-state index contributed by atoms with van der Waals surface area (Å²) in [5, 5.41) is 10.6. The summed E-state index contributed by atoms with van der Waals surface area (Å²) in [6.07, 6.45) is -6.43. The summed E-state index contributed by atoms with van der Waals surface area (Å²) >= 11 is 3.08. The highest BCUT2D eigenvalue weighted by Gasteiger charge is 2.36. The lowest BCUT2D eigenvalue weighted by Crippen LogP contribution is -2.28. The van der Waals surface area contributed by atoms with E-state index < -0.39 is 28.1 Å². The van der Waals surface area contributed by atoms with Gasteiger partial charge in [0.2, 0.25) is 15.9 Å². The SMILES string of the molecule is COc1cc(C)nc(C(O)c2cccc(Br)c2NS(=O)(=O)CC(F)(F)F)n1. The molecule has 2 rings (SSSR count). The fourth-order valence-corrected chi connectivity index (χ4v) is 3.86. The highest BCUT2D eigenvalue weighted by molar-refractivity contribution is 9.10. The number of aromatic nitrogens is 2. The van der Waals surface area contributed by atoms with E-state index in [1.165, 1.54) is 31.4 Å². The lowest BCUT2D eigenvalue weighted by atomic mass is 10.1. The minimum atomic E-state index is -4.92. The van der Waals surface area contributed by atoms with E-state index in [4.69, 9.17) is 4.74 Å². The number of alkyl halides is 3. The largest absolute Gasteiger partial charge is 0.481 e. The van der Waals surface area contributed by atoms with Crippen LogP contribution in [0.5, 0.6) is 5.88 Å². The van der Waals surface area contributed by atoms with Crippen molar-refractivity contribution in [2.24, 2.45) is 0 Å². The maximum Gasteiger partial charge on any atom is 0.404 e. The predicted molar refractivity (Wildman–Crippen MR) is 95.0 cm³/mol. The summed E-state index contributed by atoms with van der Waals surface area (Å²) in [4.78, 5) is 8.07. The minimum Gasteiger partial charge on any atom is -0.481 e. The first-order valence-corrected chi connectivity index (χ1v) is 9.79. The highest BCUT2D eigenvalue weighted by atomic mass is 79.9. The number of nitrogens with one attached hydrogen (secondary N) is 1. The molecule has 7 nitrogen and oxygen atoms in total. The van der Waals surface area contributed by atoms with E-state index in [0.29, 0.717) is 5.69 Å². The molecule has 0 aliphatic rings. The van der Waals surface area contributed by atoms with Crippen LogP contribution >= 0.6 is 15.9 Å². The van der Waals surface area contributed by atoms with E-state index in [1.54, 1.807) is 6.92 Å². The van der Waals surface area contributed by atoms with Gasteiger partial charge in [-0.3, -0.25) is 4.72 Å². The second kappa shape index (κ2) is 7.98. The third-order valence-corrected chi connectivity index (χ3v) is 5.14. The molecule has 2 aromatic rings. The summed E-state index contributed by atoms with van der Waals surface area (Å²) in [7, 11) is -3.39. The third kappa shape index (κ3) is 5.78. The van der Waals surface area contributed by atoms with Crippen molar-refractivity contribution in [2.45, 2.75) is 19.2 Å². The van der Waals surface area contributed by atoms with E-state index in [0.717, 1.165) is 0 Å². The lowest BCUT2D eigenvalue weighted by Gasteiger charge is -2.18. The Labute approximate surface area is 161 Å². The van der Waals surface area contributed by atoms with Gasteiger partial charge in [-0.25, -0.2) is 13.4 Å². The Kier molecular flexibility index (Phi) is 6.32. The summed E-state index contributed by atoms with van der Waals surface area (Å²) in [5.74, 6) is -1.99. The first-order valence-electron chi connectivity index (χ1n) is 7.35. The van der Waals surface area contributed by atoms with Crippen molar-refractivity contribution >= 4 is 31.6 Å². The van der Waals surface area contributed by atoms with E-state index in [9.17, 15) is 26.7 Å². The van der Waals surface area contributed by atoms with Crippen molar-refractivity contribution in [2.75, 3.05) is 17.6 Å². The van der Waals surface area contributed by atoms with Crippen LogP contribution in [-0.4, -0.2) is 42.5 Å². The number of methoxy groups -OCH3 is 1. The summed E-state index contributed by atoms with van der Waals surface area (Å²) in [5.41, 5.74) is 0.214. The molecule has 1 atom stereocenters. The minimum absolute atomic E-state index is 0.0252. The van der Waals surface area contributed by atoms with Crippen molar-refractivity contribution < 1.29 is 31.4 Å². The number of hydrogen-bond donors (Lipinski definition) is 2. The molecule has 0 aliphatic heterocycles. The summed E-state index contributed by atoms with van der Waals surface area (Å²) in [6.45, 7) is 1.63. The van der Waals surface area contributed by atoms with Gasteiger partial charge in [-0.05, 0) is 28.9 Å². The maximum absolute atomic E-state index is 12.5. The van der Waals surface area contributed by atoms with Crippen LogP contribution < -0.4 is 9.46 Å². The number of aliphatic hydroxyl groups is 1. The molecule has 0 fully saturated rings. The number of aliphatic hydroxyl groups excluding tert-OH is 1. The number of hydrogen-bond acceptors (Lipinski definition) is 6. The molecule has 0 spiro atoms. The molecule has 0 amide bonds. The molecule has 0 aliphatic carbocycles. The van der Waals surface area contributed by atoms with Gasteiger partial charge in [0.25, 0.3) is 0 Å². The van der Waals surface area contributed by atoms with Crippen LogP contribution in [-0.2, 0) is 10.0 Å². The Morgan fingerprint density at radius 1 is 1.33 bits per heavy atom. The second-order valence-electron chi connectivity index (χ2n) is 5.49. The van der Waals surface area contributed by atoms with Crippen LogP contribution in [0.1, 0.15) is 23.2 Å². The van der Waals surface area contributed by atoms with E-state index in [1.807, 2.05) is 4.72 Å². The van der Waals surface area contributed by atoms with Gasteiger partial charge in [-0.1, -0.05) is 12.1 Å². The number of aryl methyl sites for hydroxylation is 1. The number of rotatable bonds is 6. The third-order valence-electron chi connectivity index (χ3n) is 3.25. The lowest BCUT2D eigenvalue weighted by molar-refractivity contribution is -0.106. The van der Waals surface area contributed by atoms with Crippen molar-refractivity contribution in [3.8, 4) is 5.88 Å². The van der Waals surface area contributed by atoms with Gasteiger partial charge in [0, 0.05) is 21.8 Å². The first kappa shape index (κ1) is 21.4. The molecule has 1 aromatic heterocycles. The average molecular weight is 470 g/mol. The molecule has 0 radical (unpaired) electrons. The zero-order valence-corrected chi connectivity index (χ0v) is 16.5. The molecule has 1 unspecified atom stereocenters. The van der Waals surface area contributed by atoms with Crippen LogP contribution in [0.2, 0.25) is 0 Å². The fourth-order valence-electron chi connectivity index (χ4n) is 2.21. The van der Waals surface area contributed by atoms with Crippen LogP contribution in [0.4, 0.5) is 18.9 Å². The van der Waals surface area contributed by atoms with Gasteiger partial charge < -0.3 is 9.84 Å². The van der Waals surface area contributed by atoms with Gasteiger partial charge in [-0.2, -0.15) is 18.2 Å². The zero-order chi connectivity index (χ0) is 20.4. The second-order valence-corrected chi connectivity index (χ2v) is 8.07. The van der Waals surface area contributed by atoms with Crippen molar-refractivity contribution in [3.63, 3.8) is 0 Å². The molecule has 148 valence electrons. The van der Waals surface area contributed by atoms with E-state index >= 15 is 0 Å². The standard InChI is InChI=1S/C15H15BrF3N3O4S/c1-8-6-11(26-2)21-14(20-8)13(23)9-4-3-5-10(16)12(9)22-27(24,25)7-15(17,18)19/h3-6,13,22-23H,7H2,1-2H3. The Morgan fingerprint density at radius 2 is 2.00 bits per heavy atom. The molecule has 1 aromatic carbocycles. The number of halogens is 4. The first-order chi connectivity index (χ1) is 12.4. The van der Waals surface area contributed by atoms with E-state index in [2.05, 4.69) is 25.9 Å². The predicted octanol–water partition coefficient (Wildman–Crippen LogP) is 2.94. The average Bonchev–Trinajstić information content (AvgIpc) is 2.53. The Bertz CT molecular complexity index is 938. The molecular formula is C15H15BrF3N3O4S. The van der Waals surface area contributed by atoms with Gasteiger partial charge in [0.05, 0.1) is 12.8 Å². The highest BCUT2D eigenvalue weighted by Crippen LogP contribution is 2.34. The fraction of sp³-hybridized carbons (Fsp3) is 0.333. The Morgan fingerprint density at radius 3 is 2.59 bits per heavy atom. The smallest absolute Gasteiger partial charge is 0.404 e. The quantitative estimate of drug-likeness (QED) is 0.674. The van der Waals surface area contributed by atoms with Gasteiger partial charge >= 0.3 is 6.18 Å². The Balaban J connectivity index is 2.47. The monoisotopic (exact) mass is 469 g/mol. The van der Waals surface area contributed by atoms with Crippen molar-refractivity contribution in [3.05, 3.63) is 45.8 Å². The molecule has 0 saturated heterocycles. The molecular weight excluding hydrogens is 455 g/mol. The maximum atomic E-state index is 12.5. The van der Waals surface area contributed by atoms with Gasteiger partial charge in [0.1, 0.15) is 6.10 Å². The molecule has 1 heterocycles. The zero-order valence-electron chi connectivity index (χ0n) is 14.1. The number of nitrogens with zero attached hydrogens (tertiary/aromatic N) is 2. The van der Waals surface area contributed by atoms with Crippen LogP contribution in [0.3, 0.4) is 0 Å². The van der Waals surface area contributed by atoms with Crippen LogP contribution in [0.25, 0.3) is 0 Å². The summed E-state index contributed by atoms with van der Waals surface area (Å²) in [6, 6.07) is 5.76. The number of ether oxygens (including phenoxy) is 1. The van der Waals surface area contributed by atoms with Crippen molar-refractivity contribution in [1.82, 2.24) is 9.97 Å². The number of anilines is 1. The topological polar surface area (TPSA) is 101 Å². The number of para-hydroxylation sites is 1. The van der Waals surface area contributed by atoms with Gasteiger partial charge in [0.15, 0.2) is 11.6 Å². The summed E-state index contributed by atoms with van der Waals surface area (Å²) < 4.78 is 68.2. The molecule has 0 saturated carbocycles. The molecule has 12 heteroatoms. The number of benzene rings is 1. The van der Waals surface area contributed by atoms with Gasteiger partial charge in [-0.15, -0.1) is 0 Å². The Hall–Kier alpha value is -1.92. The molecule has 2 N–H and O–H groups in total. The van der Waals surface area contributed by atoms with Crippen LogP contribution in [0, 0.1) is 6.92 Å². The van der Waals surface area contributed by atoms with Crippen molar-refractivity contribution in [1.29, 1.82) is 0 Å². The molecule has 27 heavy (non-hydrogen) atoms. The normalized spacial score (nSPS) is 13.3. The van der Waals surface area contributed by atoms with Crippen LogP contribution in [0.15, 0.2) is 28.7 Å². The molecule has 0 bridgehead atoms. The van der Waals surface area contributed by atoms with E-state index in [-0.39, 0.29) is 27.4 Å². The number of sulfonamides is 1.